The highest BCUT2D eigenvalue weighted by Gasteiger charge is 2.10. The molecule has 158 valence electrons. The van der Waals surface area contributed by atoms with Gasteiger partial charge in [-0.2, -0.15) is 4.98 Å². The minimum absolute atomic E-state index is 0.423. The van der Waals surface area contributed by atoms with Gasteiger partial charge < -0.3 is 19.5 Å². The number of benzene rings is 1. The molecule has 0 fully saturated rings. The average Bonchev–Trinajstić information content (AvgIpc) is 3.24. The van der Waals surface area contributed by atoms with Crippen LogP contribution >= 0.6 is 0 Å². The second-order valence-corrected chi connectivity index (χ2v) is 6.75. The van der Waals surface area contributed by atoms with E-state index in [0.29, 0.717) is 43.5 Å². The van der Waals surface area contributed by atoms with E-state index < -0.39 is 0 Å². The zero-order chi connectivity index (χ0) is 21.2. The third kappa shape index (κ3) is 6.04. The SMILES string of the molecule is CCNC(=NCCc1noc(-c2ccccn2)n1)N(C)CCOc1ccccc1C. The van der Waals surface area contributed by atoms with E-state index in [1.54, 1.807) is 6.20 Å². The summed E-state index contributed by atoms with van der Waals surface area (Å²) in [5.74, 6) is 2.76. The molecule has 0 radical (unpaired) electrons. The molecule has 0 unspecified atom stereocenters. The number of para-hydroxylation sites is 1. The van der Waals surface area contributed by atoms with Gasteiger partial charge in [0.1, 0.15) is 18.1 Å². The molecule has 0 amide bonds. The molecule has 0 saturated heterocycles. The number of rotatable bonds is 9. The van der Waals surface area contributed by atoms with Gasteiger partial charge >= 0.3 is 0 Å². The number of pyridine rings is 1. The highest BCUT2D eigenvalue weighted by molar-refractivity contribution is 5.79. The second kappa shape index (κ2) is 10.9. The van der Waals surface area contributed by atoms with Crippen molar-refractivity contribution in [2.45, 2.75) is 20.3 Å². The summed E-state index contributed by atoms with van der Waals surface area (Å²) in [6.07, 6.45) is 2.28. The number of hydrogen-bond donors (Lipinski definition) is 1. The van der Waals surface area contributed by atoms with Crippen molar-refractivity contribution in [3.05, 3.63) is 60.0 Å². The molecule has 3 aromatic rings. The molecule has 8 heteroatoms. The summed E-state index contributed by atoms with van der Waals surface area (Å²) in [4.78, 5) is 15.3. The Morgan fingerprint density at radius 2 is 2.03 bits per heavy atom. The summed E-state index contributed by atoms with van der Waals surface area (Å²) < 4.78 is 11.2. The van der Waals surface area contributed by atoms with E-state index in [1.165, 1.54) is 0 Å². The van der Waals surface area contributed by atoms with Crippen molar-refractivity contribution in [1.29, 1.82) is 0 Å². The standard InChI is InChI=1S/C22H28N6O2/c1-4-23-22(28(3)15-16-29-19-11-6-5-9-17(19)2)25-14-12-20-26-21(30-27-20)18-10-7-8-13-24-18/h5-11,13H,4,12,14-16H2,1-3H3,(H,23,25). The van der Waals surface area contributed by atoms with Crippen LogP contribution in [0.4, 0.5) is 0 Å². The molecule has 0 saturated carbocycles. The third-order valence-corrected chi connectivity index (χ3v) is 4.42. The summed E-state index contributed by atoms with van der Waals surface area (Å²) in [5.41, 5.74) is 1.80. The lowest BCUT2D eigenvalue weighted by Crippen LogP contribution is -2.41. The predicted octanol–water partition coefficient (Wildman–Crippen LogP) is 2.96. The first kappa shape index (κ1) is 21.3. The van der Waals surface area contributed by atoms with Crippen molar-refractivity contribution < 1.29 is 9.26 Å². The topological polar surface area (TPSA) is 88.7 Å². The molecule has 30 heavy (non-hydrogen) atoms. The van der Waals surface area contributed by atoms with Crippen molar-refractivity contribution in [2.24, 2.45) is 4.99 Å². The van der Waals surface area contributed by atoms with E-state index in [0.717, 1.165) is 23.8 Å². The van der Waals surface area contributed by atoms with Gasteiger partial charge in [0.25, 0.3) is 5.89 Å². The van der Waals surface area contributed by atoms with Crippen LogP contribution < -0.4 is 10.1 Å². The van der Waals surface area contributed by atoms with Gasteiger partial charge in [-0.1, -0.05) is 29.4 Å². The molecular weight excluding hydrogens is 380 g/mol. The quantitative estimate of drug-likeness (QED) is 0.430. The fourth-order valence-corrected chi connectivity index (χ4v) is 2.80. The Kier molecular flexibility index (Phi) is 7.77. The smallest absolute Gasteiger partial charge is 0.276 e. The number of guanidine groups is 1. The number of aliphatic imine (C=N–C) groups is 1. The van der Waals surface area contributed by atoms with E-state index in [2.05, 4.69) is 30.3 Å². The van der Waals surface area contributed by atoms with E-state index >= 15 is 0 Å². The summed E-state index contributed by atoms with van der Waals surface area (Å²) in [5, 5.41) is 7.33. The molecule has 0 aliphatic carbocycles. The maximum absolute atomic E-state index is 5.89. The van der Waals surface area contributed by atoms with E-state index in [9.17, 15) is 0 Å². The van der Waals surface area contributed by atoms with Crippen LogP contribution in [-0.2, 0) is 6.42 Å². The lowest BCUT2D eigenvalue weighted by Gasteiger charge is -2.22. The lowest BCUT2D eigenvalue weighted by atomic mass is 10.2. The fraction of sp³-hybridized carbons (Fsp3) is 0.364. The van der Waals surface area contributed by atoms with E-state index in [-0.39, 0.29) is 0 Å². The number of nitrogens with zero attached hydrogens (tertiary/aromatic N) is 5. The molecule has 8 nitrogen and oxygen atoms in total. The Balaban J connectivity index is 1.51. The van der Waals surface area contributed by atoms with E-state index in [1.807, 2.05) is 63.4 Å². The first-order valence-corrected chi connectivity index (χ1v) is 10.1. The van der Waals surface area contributed by atoms with Crippen molar-refractivity contribution >= 4 is 5.96 Å². The van der Waals surface area contributed by atoms with Crippen molar-refractivity contribution in [3.8, 4) is 17.3 Å². The molecule has 0 atom stereocenters. The number of aromatic nitrogens is 3. The lowest BCUT2D eigenvalue weighted by molar-refractivity contribution is 0.280. The monoisotopic (exact) mass is 408 g/mol. The van der Waals surface area contributed by atoms with Gasteiger partial charge in [-0.3, -0.25) is 9.98 Å². The summed E-state index contributed by atoms with van der Waals surface area (Å²) >= 11 is 0. The molecule has 2 aromatic heterocycles. The van der Waals surface area contributed by atoms with Crippen molar-refractivity contribution in [2.75, 3.05) is 33.3 Å². The van der Waals surface area contributed by atoms with Gasteiger partial charge in [-0.15, -0.1) is 0 Å². The Bertz CT molecular complexity index is 942. The summed E-state index contributed by atoms with van der Waals surface area (Å²) in [6, 6.07) is 13.6. The second-order valence-electron chi connectivity index (χ2n) is 6.75. The fourth-order valence-electron chi connectivity index (χ4n) is 2.80. The zero-order valence-electron chi connectivity index (χ0n) is 17.7. The Morgan fingerprint density at radius 1 is 1.20 bits per heavy atom. The van der Waals surface area contributed by atoms with Crippen LogP contribution in [0.5, 0.6) is 5.75 Å². The van der Waals surface area contributed by atoms with Gasteiger partial charge in [0.2, 0.25) is 0 Å². The Labute approximate surface area is 177 Å². The summed E-state index contributed by atoms with van der Waals surface area (Å²) in [6.45, 7) is 6.71. The molecule has 1 N–H and O–H groups in total. The minimum Gasteiger partial charge on any atom is -0.491 e. The zero-order valence-corrected chi connectivity index (χ0v) is 17.7. The number of hydrogen-bond acceptors (Lipinski definition) is 6. The molecule has 0 bridgehead atoms. The minimum atomic E-state index is 0.423. The van der Waals surface area contributed by atoms with Gasteiger partial charge in [0.05, 0.1) is 6.54 Å². The Hall–Kier alpha value is -3.42. The predicted molar refractivity (Wildman–Crippen MR) is 117 cm³/mol. The largest absolute Gasteiger partial charge is 0.491 e. The highest BCUT2D eigenvalue weighted by atomic mass is 16.5. The first-order chi connectivity index (χ1) is 14.7. The van der Waals surface area contributed by atoms with Crippen LogP contribution in [0.2, 0.25) is 0 Å². The molecule has 0 aliphatic heterocycles. The molecule has 1 aromatic carbocycles. The third-order valence-electron chi connectivity index (χ3n) is 4.42. The van der Waals surface area contributed by atoms with Crippen LogP contribution in [0.1, 0.15) is 18.3 Å². The van der Waals surface area contributed by atoms with Crippen LogP contribution in [0.3, 0.4) is 0 Å². The molecular formula is C22H28N6O2. The van der Waals surface area contributed by atoms with Gasteiger partial charge in [0.15, 0.2) is 11.8 Å². The van der Waals surface area contributed by atoms with Crippen LogP contribution in [0.15, 0.2) is 58.2 Å². The molecule has 0 spiro atoms. The summed E-state index contributed by atoms with van der Waals surface area (Å²) in [7, 11) is 2.00. The van der Waals surface area contributed by atoms with Crippen LogP contribution in [0.25, 0.3) is 11.6 Å². The van der Waals surface area contributed by atoms with Gasteiger partial charge in [-0.25, -0.2) is 0 Å². The van der Waals surface area contributed by atoms with Crippen molar-refractivity contribution in [1.82, 2.24) is 25.3 Å². The Morgan fingerprint density at radius 3 is 2.80 bits per heavy atom. The first-order valence-electron chi connectivity index (χ1n) is 10.1. The number of nitrogens with one attached hydrogen (secondary N) is 1. The van der Waals surface area contributed by atoms with Crippen LogP contribution in [0, 0.1) is 6.92 Å². The van der Waals surface area contributed by atoms with Gasteiger partial charge in [-0.05, 0) is 37.6 Å². The van der Waals surface area contributed by atoms with Crippen molar-refractivity contribution in [3.63, 3.8) is 0 Å². The number of ether oxygens (including phenoxy) is 1. The van der Waals surface area contributed by atoms with Gasteiger partial charge in [0, 0.05) is 32.8 Å². The normalized spacial score (nSPS) is 11.4. The molecule has 2 heterocycles. The number of likely N-dealkylation sites (N-methyl/N-ethyl adjacent to an activating group) is 1. The molecule has 3 rings (SSSR count). The maximum atomic E-state index is 5.89. The number of aryl methyl sites for hydroxylation is 1. The maximum Gasteiger partial charge on any atom is 0.276 e. The van der Waals surface area contributed by atoms with Crippen LogP contribution in [-0.4, -0.2) is 59.3 Å². The highest BCUT2D eigenvalue weighted by Crippen LogP contribution is 2.16. The van der Waals surface area contributed by atoms with E-state index in [4.69, 9.17) is 9.26 Å². The molecule has 0 aliphatic rings. The average molecular weight is 409 g/mol.